The van der Waals surface area contributed by atoms with Crippen molar-refractivity contribution in [3.05, 3.63) is 39.9 Å². The molecule has 1 aromatic carbocycles. The highest BCUT2D eigenvalue weighted by Gasteiger charge is 2.18. The predicted octanol–water partition coefficient (Wildman–Crippen LogP) is 3.41. The largest absolute Gasteiger partial charge is 0.374 e. The fourth-order valence-corrected chi connectivity index (χ4v) is 3.48. The Labute approximate surface area is 125 Å². The maximum atomic E-state index is 10.9. The lowest BCUT2D eigenvalue weighted by molar-refractivity contribution is -0.386. The van der Waals surface area contributed by atoms with Crippen molar-refractivity contribution in [2.75, 3.05) is 6.61 Å². The Bertz CT molecular complexity index is 418. The minimum atomic E-state index is -0.440. The Morgan fingerprint density at radius 3 is 2.74 bits per heavy atom. The minimum absolute atomic E-state index is 0.103. The molecule has 4 nitrogen and oxygen atoms in total. The van der Waals surface area contributed by atoms with E-state index in [-0.39, 0.29) is 21.2 Å². The minimum Gasteiger partial charge on any atom is -0.374 e. The summed E-state index contributed by atoms with van der Waals surface area (Å²) < 4.78 is 5.43. The molecule has 0 aliphatic heterocycles. The van der Waals surface area contributed by atoms with Crippen LogP contribution in [0.1, 0.15) is 25.0 Å². The number of alkyl halides is 2. The lowest BCUT2D eigenvalue weighted by atomic mass is 10.1. The number of benzene rings is 1. The van der Waals surface area contributed by atoms with Gasteiger partial charge in [0.15, 0.2) is 0 Å². The summed E-state index contributed by atoms with van der Waals surface area (Å²) in [5, 5.41) is 10.9. The van der Waals surface area contributed by atoms with Crippen LogP contribution in [0.4, 0.5) is 5.69 Å². The van der Waals surface area contributed by atoms with Gasteiger partial charge in [0.25, 0.3) is 5.69 Å². The van der Waals surface area contributed by atoms with E-state index in [0.29, 0.717) is 12.2 Å². The van der Waals surface area contributed by atoms with Crippen molar-refractivity contribution in [3.63, 3.8) is 0 Å². The molecule has 1 unspecified atom stereocenters. The second-order valence-corrected chi connectivity index (χ2v) is 8.63. The Morgan fingerprint density at radius 1 is 1.42 bits per heavy atom. The highest BCUT2D eigenvalue weighted by molar-refractivity contribution is 6.68. The highest BCUT2D eigenvalue weighted by Crippen LogP contribution is 2.26. The van der Waals surface area contributed by atoms with Gasteiger partial charge in [-0.2, -0.15) is 0 Å². The van der Waals surface area contributed by atoms with Crippen LogP contribution in [0.2, 0.25) is 6.04 Å². The maximum Gasteiger partial charge on any atom is 0.275 e. The van der Waals surface area contributed by atoms with Gasteiger partial charge in [0.1, 0.15) is 0 Å². The molecule has 0 saturated heterocycles. The van der Waals surface area contributed by atoms with Crippen LogP contribution < -0.4 is 0 Å². The number of nitro benzene ring substituents is 1. The SMILES string of the molecule is CC(OCCC[SiH2]C(Cl)Cl)c1ccccc1[N+](=O)[O-]. The number of nitrogens with zero attached hydrogens (tertiary/aromatic N) is 1. The number of rotatable bonds is 8. The Kier molecular flexibility index (Phi) is 7.38. The molecule has 0 spiro atoms. The Hall–Kier alpha value is -0.623. The van der Waals surface area contributed by atoms with E-state index in [4.69, 9.17) is 27.9 Å². The standard InChI is InChI=1S/C12H17Cl2NO3Si/c1-9(18-7-4-8-19-12(13)14)10-5-2-3-6-11(10)15(16)17/h2-3,5-6,9,12H,4,7-8,19H2,1H3. The highest BCUT2D eigenvalue weighted by atomic mass is 35.5. The van der Waals surface area contributed by atoms with Crippen LogP contribution in [-0.2, 0) is 4.74 Å². The smallest absolute Gasteiger partial charge is 0.275 e. The van der Waals surface area contributed by atoms with Gasteiger partial charge in [-0.1, -0.05) is 18.2 Å². The maximum absolute atomic E-state index is 10.9. The second kappa shape index (κ2) is 8.53. The molecule has 0 saturated carbocycles. The van der Waals surface area contributed by atoms with Gasteiger partial charge in [-0.25, -0.2) is 0 Å². The fourth-order valence-electron chi connectivity index (χ4n) is 1.75. The molecule has 0 heterocycles. The van der Waals surface area contributed by atoms with Crippen LogP contribution in [0.25, 0.3) is 0 Å². The van der Waals surface area contributed by atoms with Crippen molar-refractivity contribution in [1.29, 1.82) is 0 Å². The summed E-state index contributed by atoms with van der Waals surface area (Å²) in [7, 11) is -0.440. The van der Waals surface area contributed by atoms with Gasteiger partial charge in [-0.3, -0.25) is 10.1 Å². The molecule has 1 aromatic rings. The summed E-state index contributed by atoms with van der Waals surface area (Å²) in [6.07, 6.45) is 0.610. The van der Waals surface area contributed by atoms with Crippen LogP contribution in [0, 0.1) is 10.1 Å². The van der Waals surface area contributed by atoms with E-state index >= 15 is 0 Å². The summed E-state index contributed by atoms with van der Waals surface area (Å²) in [5.74, 6) is 0. The first kappa shape index (κ1) is 16.4. The summed E-state index contributed by atoms with van der Waals surface area (Å²) in [4.78, 5) is 10.5. The monoisotopic (exact) mass is 321 g/mol. The van der Waals surface area contributed by atoms with Crippen molar-refractivity contribution in [2.24, 2.45) is 0 Å². The lowest BCUT2D eigenvalue weighted by Gasteiger charge is -2.13. The molecule has 19 heavy (non-hydrogen) atoms. The summed E-state index contributed by atoms with van der Waals surface area (Å²) in [6.45, 7) is 2.40. The predicted molar refractivity (Wildman–Crippen MR) is 80.9 cm³/mol. The van der Waals surface area contributed by atoms with Crippen LogP contribution in [0.5, 0.6) is 0 Å². The molecule has 0 aliphatic rings. The van der Waals surface area contributed by atoms with Gasteiger partial charge in [0.2, 0.25) is 0 Å². The van der Waals surface area contributed by atoms with Gasteiger partial charge >= 0.3 is 0 Å². The number of halogens is 2. The molecule has 0 bridgehead atoms. The zero-order chi connectivity index (χ0) is 14.3. The van der Waals surface area contributed by atoms with E-state index in [1.165, 1.54) is 6.07 Å². The van der Waals surface area contributed by atoms with Gasteiger partial charge in [-0.05, 0) is 19.4 Å². The van der Waals surface area contributed by atoms with Crippen LogP contribution >= 0.6 is 23.2 Å². The van der Waals surface area contributed by atoms with Crippen molar-refractivity contribution in [3.8, 4) is 0 Å². The van der Waals surface area contributed by atoms with E-state index in [1.807, 2.05) is 6.92 Å². The molecule has 0 aliphatic carbocycles. The van der Waals surface area contributed by atoms with Gasteiger partial charge in [-0.15, -0.1) is 23.2 Å². The quantitative estimate of drug-likeness (QED) is 0.242. The number of para-hydroxylation sites is 1. The molecule has 1 atom stereocenters. The number of hydrogen-bond acceptors (Lipinski definition) is 3. The third-order valence-electron chi connectivity index (χ3n) is 2.76. The van der Waals surface area contributed by atoms with Crippen molar-refractivity contribution in [2.45, 2.75) is 30.0 Å². The number of ether oxygens (including phenoxy) is 1. The van der Waals surface area contributed by atoms with Crippen molar-refractivity contribution < 1.29 is 9.66 Å². The first-order valence-electron chi connectivity index (χ1n) is 6.15. The van der Waals surface area contributed by atoms with Crippen LogP contribution in [-0.4, -0.2) is 25.5 Å². The number of nitro groups is 1. The Morgan fingerprint density at radius 2 is 2.11 bits per heavy atom. The van der Waals surface area contributed by atoms with Gasteiger partial charge in [0, 0.05) is 12.7 Å². The molecule has 0 N–H and O–H groups in total. The molecule has 0 radical (unpaired) electrons. The van der Waals surface area contributed by atoms with Gasteiger partial charge < -0.3 is 4.74 Å². The van der Waals surface area contributed by atoms with Crippen LogP contribution in [0.3, 0.4) is 0 Å². The zero-order valence-corrected chi connectivity index (χ0v) is 13.6. The van der Waals surface area contributed by atoms with E-state index in [2.05, 4.69) is 0 Å². The molecule has 0 amide bonds. The molecule has 106 valence electrons. The zero-order valence-electron chi connectivity index (χ0n) is 10.7. The molecule has 1 rings (SSSR count). The summed E-state index contributed by atoms with van der Waals surface area (Å²) >= 11 is 11.4. The Balaban J connectivity index is 2.45. The van der Waals surface area contributed by atoms with E-state index < -0.39 is 9.52 Å². The fraction of sp³-hybridized carbons (Fsp3) is 0.500. The van der Waals surface area contributed by atoms with Crippen LogP contribution in [0.15, 0.2) is 24.3 Å². The third kappa shape index (κ3) is 5.91. The van der Waals surface area contributed by atoms with E-state index in [0.717, 1.165) is 12.5 Å². The first-order chi connectivity index (χ1) is 9.02. The number of hydrogen-bond donors (Lipinski definition) is 0. The summed E-state index contributed by atoms with van der Waals surface area (Å²) in [6, 6.07) is 7.67. The third-order valence-corrected chi connectivity index (χ3v) is 5.41. The summed E-state index contributed by atoms with van der Waals surface area (Å²) in [5.41, 5.74) is 0.711. The average Bonchev–Trinajstić information content (AvgIpc) is 2.37. The van der Waals surface area contributed by atoms with Crippen molar-refractivity contribution in [1.82, 2.24) is 0 Å². The average molecular weight is 322 g/mol. The second-order valence-electron chi connectivity index (χ2n) is 4.22. The normalized spacial score (nSPS) is 13.3. The van der Waals surface area contributed by atoms with E-state index in [9.17, 15) is 10.1 Å². The molecular weight excluding hydrogens is 305 g/mol. The first-order valence-corrected chi connectivity index (χ1v) is 8.84. The lowest BCUT2D eigenvalue weighted by Crippen LogP contribution is -2.07. The molecule has 0 aromatic heterocycles. The topological polar surface area (TPSA) is 52.4 Å². The van der Waals surface area contributed by atoms with Crippen molar-refractivity contribution >= 4 is 38.4 Å². The van der Waals surface area contributed by atoms with E-state index in [1.54, 1.807) is 18.2 Å². The van der Waals surface area contributed by atoms with Gasteiger partial charge in [0.05, 0.1) is 30.6 Å². The molecule has 7 heteroatoms. The molecule has 0 fully saturated rings. The molecular formula is C12H17Cl2NO3Si.